The lowest BCUT2D eigenvalue weighted by molar-refractivity contribution is 0.809. The van der Waals surface area contributed by atoms with E-state index in [0.717, 1.165) is 28.0 Å². The molecule has 76 valence electrons. The van der Waals surface area contributed by atoms with E-state index in [1.54, 1.807) is 0 Å². The van der Waals surface area contributed by atoms with Gasteiger partial charge in [0.15, 0.2) is 0 Å². The smallest absolute Gasteiger partial charge is 0.0554 e. The summed E-state index contributed by atoms with van der Waals surface area (Å²) in [5.41, 5.74) is 1.13. The zero-order chi connectivity index (χ0) is 10.4. The predicted molar refractivity (Wildman–Crippen MR) is 66.7 cm³/mol. The molecule has 0 aliphatic rings. The van der Waals surface area contributed by atoms with Gasteiger partial charge in [-0.25, -0.2) is 0 Å². The summed E-state index contributed by atoms with van der Waals surface area (Å²) in [5.74, 6) is 0. The van der Waals surface area contributed by atoms with Gasteiger partial charge in [0, 0.05) is 4.47 Å². The van der Waals surface area contributed by atoms with Gasteiger partial charge in [0.25, 0.3) is 0 Å². The number of nitrogens with one attached hydrogen (secondary N) is 1. The number of benzene rings is 1. The minimum absolute atomic E-state index is 0.751. The van der Waals surface area contributed by atoms with Crippen LogP contribution in [0.15, 0.2) is 28.7 Å². The summed E-state index contributed by atoms with van der Waals surface area (Å²) in [7, 11) is 1.95. The second kappa shape index (κ2) is 6.23. The van der Waals surface area contributed by atoms with Crippen LogP contribution in [0.4, 0.5) is 0 Å². The van der Waals surface area contributed by atoms with Gasteiger partial charge < -0.3 is 5.32 Å². The highest BCUT2D eigenvalue weighted by Gasteiger charge is 1.95. The van der Waals surface area contributed by atoms with Crippen LogP contribution in [-0.2, 0) is 0 Å². The van der Waals surface area contributed by atoms with Gasteiger partial charge >= 0.3 is 0 Å². The molecule has 0 saturated carbocycles. The fourth-order valence-electron chi connectivity index (χ4n) is 1.06. The van der Waals surface area contributed by atoms with Crippen molar-refractivity contribution in [2.75, 3.05) is 13.6 Å². The molecule has 0 saturated heterocycles. The fraction of sp³-hybridized carbons (Fsp3) is 0.273. The number of halogens is 2. The minimum Gasteiger partial charge on any atom is -0.319 e. The zero-order valence-electron chi connectivity index (χ0n) is 8.06. The third-order valence-corrected chi connectivity index (χ3v) is 3.05. The molecule has 1 N–H and O–H groups in total. The third-order valence-electron chi connectivity index (χ3n) is 1.81. The van der Waals surface area contributed by atoms with Crippen LogP contribution in [0.25, 0.3) is 6.08 Å². The van der Waals surface area contributed by atoms with Crippen molar-refractivity contribution in [2.24, 2.45) is 0 Å². The standard InChI is InChI=1S/C11H13BrClN/c1-14-7-3-2-4-9-5-6-10(12)11(13)8-9/h2,4-6,8,14H,3,7H2,1H3. The van der Waals surface area contributed by atoms with E-state index in [1.807, 2.05) is 25.2 Å². The molecule has 1 aromatic rings. The maximum absolute atomic E-state index is 5.96. The van der Waals surface area contributed by atoms with Gasteiger partial charge in [-0.15, -0.1) is 0 Å². The first-order chi connectivity index (χ1) is 6.74. The molecule has 0 heterocycles. The molecule has 0 aliphatic heterocycles. The van der Waals surface area contributed by atoms with Gasteiger partial charge in [0.1, 0.15) is 0 Å². The first-order valence-electron chi connectivity index (χ1n) is 4.50. The molecule has 1 aromatic carbocycles. The van der Waals surface area contributed by atoms with E-state index in [0.29, 0.717) is 0 Å². The largest absolute Gasteiger partial charge is 0.319 e. The monoisotopic (exact) mass is 273 g/mol. The summed E-state index contributed by atoms with van der Waals surface area (Å²) in [6.45, 7) is 1.00. The van der Waals surface area contributed by atoms with E-state index in [1.165, 1.54) is 0 Å². The van der Waals surface area contributed by atoms with E-state index in [4.69, 9.17) is 11.6 Å². The highest BCUT2D eigenvalue weighted by atomic mass is 79.9. The quantitative estimate of drug-likeness (QED) is 0.825. The molecule has 0 radical (unpaired) electrons. The van der Waals surface area contributed by atoms with Crippen LogP contribution in [0.3, 0.4) is 0 Å². The highest BCUT2D eigenvalue weighted by Crippen LogP contribution is 2.23. The van der Waals surface area contributed by atoms with Crippen molar-refractivity contribution in [1.82, 2.24) is 5.32 Å². The molecule has 0 aliphatic carbocycles. The third kappa shape index (κ3) is 3.82. The Bertz CT molecular complexity index is 323. The van der Waals surface area contributed by atoms with Crippen LogP contribution in [0.2, 0.25) is 5.02 Å². The zero-order valence-corrected chi connectivity index (χ0v) is 10.4. The Labute approximate surface area is 98.3 Å². The van der Waals surface area contributed by atoms with Crippen molar-refractivity contribution >= 4 is 33.6 Å². The van der Waals surface area contributed by atoms with Crippen molar-refractivity contribution < 1.29 is 0 Å². The SMILES string of the molecule is CNCCC=Cc1ccc(Br)c(Cl)c1. The summed E-state index contributed by atoms with van der Waals surface area (Å²) in [5, 5.41) is 3.84. The van der Waals surface area contributed by atoms with Crippen LogP contribution in [0, 0.1) is 0 Å². The van der Waals surface area contributed by atoms with E-state index >= 15 is 0 Å². The normalized spacial score (nSPS) is 11.1. The van der Waals surface area contributed by atoms with E-state index in [9.17, 15) is 0 Å². The maximum atomic E-state index is 5.96. The Morgan fingerprint density at radius 1 is 1.50 bits per heavy atom. The lowest BCUT2D eigenvalue weighted by Gasteiger charge is -1.97. The van der Waals surface area contributed by atoms with E-state index < -0.39 is 0 Å². The second-order valence-corrected chi connectivity index (χ2v) is 4.23. The summed E-state index contributed by atoms with van der Waals surface area (Å²) < 4.78 is 0.937. The molecule has 3 heteroatoms. The summed E-state index contributed by atoms with van der Waals surface area (Å²) in [6, 6.07) is 5.94. The Kier molecular flexibility index (Phi) is 5.23. The highest BCUT2D eigenvalue weighted by molar-refractivity contribution is 9.10. The van der Waals surface area contributed by atoms with Crippen molar-refractivity contribution in [3.05, 3.63) is 39.3 Å². The molecule has 0 aromatic heterocycles. The number of hydrogen-bond donors (Lipinski definition) is 1. The van der Waals surface area contributed by atoms with Crippen molar-refractivity contribution in [1.29, 1.82) is 0 Å². The fourth-order valence-corrected chi connectivity index (χ4v) is 1.50. The molecular formula is C11H13BrClN. The summed E-state index contributed by atoms with van der Waals surface area (Å²) in [4.78, 5) is 0. The van der Waals surface area contributed by atoms with Crippen LogP contribution in [0.1, 0.15) is 12.0 Å². The number of rotatable bonds is 4. The van der Waals surface area contributed by atoms with E-state index in [-0.39, 0.29) is 0 Å². The first-order valence-corrected chi connectivity index (χ1v) is 5.67. The van der Waals surface area contributed by atoms with Gasteiger partial charge in [0.05, 0.1) is 5.02 Å². The average molecular weight is 275 g/mol. The van der Waals surface area contributed by atoms with Crippen LogP contribution in [0.5, 0.6) is 0 Å². The van der Waals surface area contributed by atoms with Crippen molar-refractivity contribution in [2.45, 2.75) is 6.42 Å². The Hall–Kier alpha value is -0.310. The van der Waals surface area contributed by atoms with Crippen LogP contribution >= 0.6 is 27.5 Å². The predicted octanol–water partition coefficient (Wildman–Crippen LogP) is 3.73. The molecule has 0 spiro atoms. The first kappa shape index (κ1) is 11.8. The maximum Gasteiger partial charge on any atom is 0.0554 e. The Morgan fingerprint density at radius 3 is 2.93 bits per heavy atom. The lowest BCUT2D eigenvalue weighted by Crippen LogP contribution is -2.05. The number of hydrogen-bond acceptors (Lipinski definition) is 1. The summed E-state index contributed by atoms with van der Waals surface area (Å²) in [6.07, 6.45) is 5.25. The molecule has 0 bridgehead atoms. The van der Waals surface area contributed by atoms with Gasteiger partial charge in [-0.1, -0.05) is 29.8 Å². The van der Waals surface area contributed by atoms with E-state index in [2.05, 4.69) is 33.4 Å². The lowest BCUT2D eigenvalue weighted by atomic mass is 10.2. The topological polar surface area (TPSA) is 12.0 Å². The minimum atomic E-state index is 0.751. The molecule has 1 nitrogen and oxygen atoms in total. The van der Waals surface area contributed by atoms with Crippen molar-refractivity contribution in [3.63, 3.8) is 0 Å². The van der Waals surface area contributed by atoms with Crippen molar-refractivity contribution in [3.8, 4) is 0 Å². The van der Waals surface area contributed by atoms with Crippen LogP contribution in [-0.4, -0.2) is 13.6 Å². The van der Waals surface area contributed by atoms with Gasteiger partial charge in [-0.05, 0) is 53.6 Å². The second-order valence-electron chi connectivity index (χ2n) is 2.97. The Morgan fingerprint density at radius 2 is 2.29 bits per heavy atom. The van der Waals surface area contributed by atoms with Crippen LogP contribution < -0.4 is 5.32 Å². The summed E-state index contributed by atoms with van der Waals surface area (Å²) >= 11 is 9.32. The Balaban J connectivity index is 2.59. The molecule has 1 rings (SSSR count). The molecule has 0 fully saturated rings. The molecule has 0 unspecified atom stereocenters. The molecule has 0 atom stereocenters. The molecule has 14 heavy (non-hydrogen) atoms. The van der Waals surface area contributed by atoms with Gasteiger partial charge in [0.2, 0.25) is 0 Å². The molecule has 0 amide bonds. The average Bonchev–Trinajstić information content (AvgIpc) is 2.18. The van der Waals surface area contributed by atoms with Gasteiger partial charge in [-0.2, -0.15) is 0 Å². The molecular weight excluding hydrogens is 261 g/mol. The van der Waals surface area contributed by atoms with Gasteiger partial charge in [-0.3, -0.25) is 0 Å².